The largest absolute Gasteiger partial charge is 0.485 e. The Labute approximate surface area is 147 Å². The molecule has 0 bridgehead atoms. The molecule has 8 nitrogen and oxygen atoms in total. The first-order valence-electron chi connectivity index (χ1n) is 7.38. The zero-order valence-electron chi connectivity index (χ0n) is 13.2. The van der Waals surface area contributed by atoms with Crippen LogP contribution in [0.4, 0.5) is 5.00 Å². The third-order valence-electron chi connectivity index (χ3n) is 3.30. The van der Waals surface area contributed by atoms with Crippen LogP contribution in [0, 0.1) is 0 Å². The van der Waals surface area contributed by atoms with Gasteiger partial charge in [-0.3, -0.25) is 25.2 Å². The molecule has 0 spiro atoms. The summed E-state index contributed by atoms with van der Waals surface area (Å²) in [5.74, 6) is -0.286. The number of hydrogen-bond acceptors (Lipinski definition) is 6. The van der Waals surface area contributed by atoms with Crippen LogP contribution < -0.4 is 25.6 Å². The van der Waals surface area contributed by atoms with Crippen molar-refractivity contribution in [1.82, 2.24) is 10.9 Å². The second kappa shape index (κ2) is 7.22. The first-order valence-corrected chi connectivity index (χ1v) is 8.26. The Bertz CT molecular complexity index is 820. The van der Waals surface area contributed by atoms with Gasteiger partial charge in [0, 0.05) is 6.92 Å². The Morgan fingerprint density at radius 1 is 1.12 bits per heavy atom. The molecule has 1 aromatic heterocycles. The Hall–Kier alpha value is -3.07. The number of ether oxygens (including phenoxy) is 2. The van der Waals surface area contributed by atoms with E-state index >= 15 is 0 Å². The van der Waals surface area contributed by atoms with Crippen molar-refractivity contribution in [3.05, 3.63) is 41.3 Å². The van der Waals surface area contributed by atoms with Crippen LogP contribution >= 0.6 is 11.3 Å². The van der Waals surface area contributed by atoms with Crippen molar-refractivity contribution in [3.63, 3.8) is 0 Å². The van der Waals surface area contributed by atoms with Crippen molar-refractivity contribution in [2.75, 3.05) is 11.9 Å². The molecule has 1 aliphatic rings. The molecule has 0 aliphatic carbocycles. The van der Waals surface area contributed by atoms with E-state index in [2.05, 4.69) is 16.2 Å². The van der Waals surface area contributed by atoms with E-state index in [1.54, 1.807) is 29.6 Å². The minimum Gasteiger partial charge on any atom is -0.485 e. The average molecular weight is 361 g/mol. The van der Waals surface area contributed by atoms with Gasteiger partial charge in [0.15, 0.2) is 11.5 Å². The van der Waals surface area contributed by atoms with Crippen molar-refractivity contribution in [3.8, 4) is 11.5 Å². The number of nitrogens with one attached hydrogen (secondary N) is 3. The fraction of sp³-hybridized carbons (Fsp3) is 0.188. The van der Waals surface area contributed by atoms with Gasteiger partial charge < -0.3 is 14.8 Å². The molecule has 1 aromatic carbocycles. The summed E-state index contributed by atoms with van der Waals surface area (Å²) in [5, 5.41) is 4.68. The molecule has 0 fully saturated rings. The molecule has 130 valence electrons. The zero-order valence-corrected chi connectivity index (χ0v) is 14.0. The molecule has 1 aliphatic heterocycles. The molecule has 9 heteroatoms. The lowest BCUT2D eigenvalue weighted by atomic mass is 10.2. The number of hydrazine groups is 1. The summed E-state index contributed by atoms with van der Waals surface area (Å²) in [6, 6.07) is 8.62. The maximum atomic E-state index is 12.4. The molecule has 0 radical (unpaired) electrons. The number of carbonyl (C=O) groups excluding carboxylic acids is 3. The maximum absolute atomic E-state index is 12.4. The fourth-order valence-electron chi connectivity index (χ4n) is 2.14. The van der Waals surface area contributed by atoms with Crippen LogP contribution in [0.15, 0.2) is 35.7 Å². The van der Waals surface area contributed by atoms with E-state index in [9.17, 15) is 14.4 Å². The van der Waals surface area contributed by atoms with Crippen molar-refractivity contribution in [1.29, 1.82) is 0 Å². The van der Waals surface area contributed by atoms with Gasteiger partial charge in [0.05, 0.1) is 5.56 Å². The number of para-hydroxylation sites is 2. The van der Waals surface area contributed by atoms with E-state index in [0.29, 0.717) is 16.5 Å². The van der Waals surface area contributed by atoms with E-state index in [0.717, 1.165) is 0 Å². The van der Waals surface area contributed by atoms with Gasteiger partial charge in [-0.25, -0.2) is 0 Å². The molecular formula is C16H15N3O5S. The highest BCUT2D eigenvalue weighted by molar-refractivity contribution is 7.14. The standard InChI is InChI=1S/C16H15N3O5S/c1-9(20)18-19-14(21)10-6-7-25-16(10)17-15(22)13-8-23-11-4-2-3-5-12(11)24-13/h2-7,13H,8H2,1H3,(H,17,22)(H,18,20)(H,19,21). The summed E-state index contributed by atoms with van der Waals surface area (Å²) in [5.41, 5.74) is 4.69. The molecule has 0 saturated heterocycles. The lowest BCUT2D eigenvalue weighted by Gasteiger charge is -2.25. The molecule has 3 N–H and O–H groups in total. The molecule has 1 unspecified atom stereocenters. The first kappa shape index (κ1) is 16.8. The Morgan fingerprint density at radius 3 is 2.64 bits per heavy atom. The normalized spacial score (nSPS) is 15.2. The van der Waals surface area contributed by atoms with Crippen LogP contribution in [0.25, 0.3) is 0 Å². The summed E-state index contributed by atoms with van der Waals surface area (Å²) in [6.07, 6.45) is -0.830. The minimum atomic E-state index is -0.830. The van der Waals surface area contributed by atoms with Crippen molar-refractivity contribution in [2.45, 2.75) is 13.0 Å². The number of benzene rings is 1. The van der Waals surface area contributed by atoms with E-state index in [1.807, 2.05) is 6.07 Å². The van der Waals surface area contributed by atoms with Crippen LogP contribution in [0.2, 0.25) is 0 Å². The molecule has 3 rings (SSSR count). The highest BCUT2D eigenvalue weighted by atomic mass is 32.1. The molecule has 1 atom stereocenters. The van der Waals surface area contributed by atoms with Crippen LogP contribution in [-0.2, 0) is 9.59 Å². The molecule has 25 heavy (non-hydrogen) atoms. The molecule has 2 heterocycles. The number of amides is 3. The molecule has 3 amide bonds. The van der Waals surface area contributed by atoms with Gasteiger partial charge >= 0.3 is 0 Å². The van der Waals surface area contributed by atoms with Gasteiger partial charge in [0.1, 0.15) is 11.6 Å². The fourth-order valence-corrected chi connectivity index (χ4v) is 2.93. The summed E-state index contributed by atoms with van der Waals surface area (Å²) < 4.78 is 11.1. The number of anilines is 1. The summed E-state index contributed by atoms with van der Waals surface area (Å²) >= 11 is 1.19. The van der Waals surface area contributed by atoms with Crippen molar-refractivity contribution in [2.24, 2.45) is 0 Å². The Balaban J connectivity index is 1.65. The average Bonchev–Trinajstić information content (AvgIpc) is 3.07. The van der Waals surface area contributed by atoms with Crippen molar-refractivity contribution >= 4 is 34.1 Å². The number of thiophene rings is 1. The maximum Gasteiger partial charge on any atom is 0.272 e. The van der Waals surface area contributed by atoms with Crippen LogP contribution in [-0.4, -0.2) is 30.4 Å². The van der Waals surface area contributed by atoms with Gasteiger partial charge in [-0.1, -0.05) is 12.1 Å². The lowest BCUT2D eigenvalue weighted by Crippen LogP contribution is -2.42. The lowest BCUT2D eigenvalue weighted by molar-refractivity contribution is -0.125. The molecular weight excluding hydrogens is 346 g/mol. The predicted octanol–water partition coefficient (Wildman–Crippen LogP) is 1.31. The Morgan fingerprint density at radius 2 is 1.88 bits per heavy atom. The van der Waals surface area contributed by atoms with E-state index in [-0.39, 0.29) is 12.2 Å². The van der Waals surface area contributed by atoms with E-state index in [4.69, 9.17) is 9.47 Å². The van der Waals surface area contributed by atoms with E-state index < -0.39 is 23.8 Å². The first-order chi connectivity index (χ1) is 12.0. The Kier molecular flexibility index (Phi) is 4.85. The second-order valence-corrected chi connectivity index (χ2v) is 6.07. The second-order valence-electron chi connectivity index (χ2n) is 5.15. The zero-order chi connectivity index (χ0) is 17.8. The molecule has 2 aromatic rings. The number of fused-ring (bicyclic) bond motifs is 1. The highest BCUT2D eigenvalue weighted by Crippen LogP contribution is 2.31. The van der Waals surface area contributed by atoms with Crippen LogP contribution in [0.1, 0.15) is 17.3 Å². The third-order valence-corrected chi connectivity index (χ3v) is 4.13. The van der Waals surface area contributed by atoms with Gasteiger partial charge in [-0.2, -0.15) is 0 Å². The van der Waals surface area contributed by atoms with Gasteiger partial charge in [-0.15, -0.1) is 11.3 Å². The summed E-state index contributed by atoms with van der Waals surface area (Å²) in [7, 11) is 0. The van der Waals surface area contributed by atoms with Gasteiger partial charge in [-0.05, 0) is 23.6 Å². The summed E-state index contributed by atoms with van der Waals surface area (Å²) in [6.45, 7) is 1.34. The molecule has 0 saturated carbocycles. The highest BCUT2D eigenvalue weighted by Gasteiger charge is 2.28. The number of carbonyl (C=O) groups is 3. The van der Waals surface area contributed by atoms with Crippen molar-refractivity contribution < 1.29 is 23.9 Å². The number of rotatable bonds is 3. The smallest absolute Gasteiger partial charge is 0.272 e. The number of hydrogen-bond donors (Lipinski definition) is 3. The topological polar surface area (TPSA) is 106 Å². The quantitative estimate of drug-likeness (QED) is 0.715. The van der Waals surface area contributed by atoms with Crippen LogP contribution in [0.5, 0.6) is 11.5 Å². The van der Waals surface area contributed by atoms with Crippen LogP contribution in [0.3, 0.4) is 0 Å². The summed E-state index contributed by atoms with van der Waals surface area (Å²) in [4.78, 5) is 35.3. The third kappa shape index (κ3) is 3.89. The minimum absolute atomic E-state index is 0.0711. The van der Waals surface area contributed by atoms with Gasteiger partial charge in [0.2, 0.25) is 12.0 Å². The van der Waals surface area contributed by atoms with E-state index in [1.165, 1.54) is 18.3 Å². The van der Waals surface area contributed by atoms with Gasteiger partial charge in [0.25, 0.3) is 11.8 Å². The monoisotopic (exact) mass is 361 g/mol. The SMILES string of the molecule is CC(=O)NNC(=O)c1ccsc1NC(=O)C1COc2ccccc2O1. The predicted molar refractivity (Wildman–Crippen MR) is 90.6 cm³/mol.